The Kier molecular flexibility index (Phi) is 6.01. The molecule has 0 unspecified atom stereocenters. The topological polar surface area (TPSA) is 89.3 Å². The van der Waals surface area contributed by atoms with Crippen molar-refractivity contribution in [1.29, 1.82) is 0 Å². The number of benzene rings is 2. The van der Waals surface area contributed by atoms with Crippen LogP contribution in [0.1, 0.15) is 17.3 Å². The van der Waals surface area contributed by atoms with Crippen LogP contribution >= 0.6 is 0 Å². The first-order valence-electron chi connectivity index (χ1n) is 7.16. The van der Waals surface area contributed by atoms with Gasteiger partial charge in [0.15, 0.2) is 6.73 Å². The van der Waals surface area contributed by atoms with Gasteiger partial charge in [0, 0.05) is 12.6 Å². The van der Waals surface area contributed by atoms with Crippen molar-refractivity contribution in [3.05, 3.63) is 54.1 Å². The van der Waals surface area contributed by atoms with Gasteiger partial charge in [-0.15, -0.1) is 0 Å². The van der Waals surface area contributed by atoms with Crippen molar-refractivity contribution in [2.45, 2.75) is 6.92 Å². The first kappa shape index (κ1) is 17.1. The number of anilines is 1. The van der Waals surface area contributed by atoms with Crippen LogP contribution in [0, 0.1) is 0 Å². The second-order valence-electron chi connectivity index (χ2n) is 4.74. The van der Waals surface area contributed by atoms with Gasteiger partial charge in [0.2, 0.25) is 0 Å². The van der Waals surface area contributed by atoms with Crippen LogP contribution in [-0.2, 0) is 14.3 Å². The first-order chi connectivity index (χ1) is 11.6. The van der Waals surface area contributed by atoms with Gasteiger partial charge in [-0.25, -0.2) is 4.79 Å². The molecule has 0 radical (unpaired) electrons. The van der Waals surface area contributed by atoms with Crippen LogP contribution in [0.3, 0.4) is 0 Å². The van der Waals surface area contributed by atoms with Gasteiger partial charge in [-0.2, -0.15) is 10.2 Å². The molecule has 24 heavy (non-hydrogen) atoms. The normalized spacial score (nSPS) is 10.4. The molecule has 7 heteroatoms. The number of nitrogens with one attached hydrogen (secondary N) is 1. The SMILES string of the molecule is COC(=O)c1ccc(N=Nc2ccc(NCOC(C)=O)cc2)cc1. The molecule has 2 aromatic rings. The fourth-order valence-corrected chi connectivity index (χ4v) is 1.76. The number of nitrogens with zero attached hydrogens (tertiary/aromatic N) is 2. The van der Waals surface area contributed by atoms with Crippen molar-refractivity contribution in [3.8, 4) is 0 Å². The first-order valence-corrected chi connectivity index (χ1v) is 7.16. The molecule has 2 rings (SSSR count). The minimum atomic E-state index is -0.393. The summed E-state index contributed by atoms with van der Waals surface area (Å²) in [6.07, 6.45) is 0. The third-order valence-corrected chi connectivity index (χ3v) is 2.99. The molecule has 0 saturated heterocycles. The zero-order chi connectivity index (χ0) is 17.4. The maximum Gasteiger partial charge on any atom is 0.337 e. The van der Waals surface area contributed by atoms with Gasteiger partial charge in [0.25, 0.3) is 0 Å². The van der Waals surface area contributed by atoms with Gasteiger partial charge in [0.05, 0.1) is 24.0 Å². The van der Waals surface area contributed by atoms with Crippen LogP contribution in [0.2, 0.25) is 0 Å². The Morgan fingerprint density at radius 3 is 2.00 bits per heavy atom. The quantitative estimate of drug-likeness (QED) is 0.495. The van der Waals surface area contributed by atoms with Crippen LogP contribution in [0.4, 0.5) is 17.1 Å². The number of ether oxygens (including phenoxy) is 2. The molecule has 0 atom stereocenters. The molecule has 0 aromatic heterocycles. The lowest BCUT2D eigenvalue weighted by molar-refractivity contribution is -0.140. The number of hydrogen-bond donors (Lipinski definition) is 1. The predicted molar refractivity (Wildman–Crippen MR) is 88.7 cm³/mol. The standard InChI is InChI=1S/C17H17N3O4/c1-12(21)24-11-18-14-7-9-16(10-8-14)20-19-15-5-3-13(4-6-15)17(22)23-2/h3-10,18H,11H2,1-2H3. The number of azo groups is 1. The Hall–Kier alpha value is -3.22. The van der Waals surface area contributed by atoms with Gasteiger partial charge >= 0.3 is 11.9 Å². The molecule has 0 spiro atoms. The molecule has 0 bridgehead atoms. The zero-order valence-corrected chi connectivity index (χ0v) is 13.4. The highest BCUT2D eigenvalue weighted by molar-refractivity contribution is 5.89. The highest BCUT2D eigenvalue weighted by Gasteiger charge is 2.03. The molecule has 0 amide bonds. The van der Waals surface area contributed by atoms with E-state index in [2.05, 4.69) is 20.3 Å². The second kappa shape index (κ2) is 8.42. The molecular formula is C17H17N3O4. The lowest BCUT2D eigenvalue weighted by atomic mass is 10.2. The molecule has 124 valence electrons. The van der Waals surface area contributed by atoms with Gasteiger partial charge < -0.3 is 14.8 Å². The fraction of sp³-hybridized carbons (Fsp3) is 0.176. The summed E-state index contributed by atoms with van der Waals surface area (Å²) < 4.78 is 9.42. The highest BCUT2D eigenvalue weighted by atomic mass is 16.5. The van der Waals surface area contributed by atoms with Crippen molar-refractivity contribution >= 4 is 29.0 Å². The minimum Gasteiger partial charge on any atom is -0.465 e. The monoisotopic (exact) mass is 327 g/mol. The van der Waals surface area contributed by atoms with E-state index in [1.807, 2.05) is 0 Å². The molecule has 0 aliphatic rings. The summed E-state index contributed by atoms with van der Waals surface area (Å²) in [5.41, 5.74) is 2.56. The molecule has 0 heterocycles. The Bertz CT molecular complexity index is 725. The Morgan fingerprint density at radius 2 is 1.50 bits per heavy atom. The number of methoxy groups -OCH3 is 1. The summed E-state index contributed by atoms with van der Waals surface area (Å²) in [5, 5.41) is 11.2. The summed E-state index contributed by atoms with van der Waals surface area (Å²) >= 11 is 0. The number of carbonyl (C=O) groups excluding carboxylic acids is 2. The average molecular weight is 327 g/mol. The van der Waals surface area contributed by atoms with Gasteiger partial charge in [-0.1, -0.05) is 0 Å². The summed E-state index contributed by atoms with van der Waals surface area (Å²) in [7, 11) is 1.33. The van der Waals surface area contributed by atoms with E-state index in [9.17, 15) is 9.59 Å². The van der Waals surface area contributed by atoms with E-state index in [1.54, 1.807) is 48.5 Å². The molecule has 7 nitrogen and oxygen atoms in total. The lowest BCUT2D eigenvalue weighted by Gasteiger charge is -2.05. The molecule has 0 fully saturated rings. The van der Waals surface area contributed by atoms with E-state index in [-0.39, 0.29) is 12.7 Å². The number of hydrogen-bond acceptors (Lipinski definition) is 7. The second-order valence-corrected chi connectivity index (χ2v) is 4.74. The van der Waals surface area contributed by atoms with Crippen molar-refractivity contribution < 1.29 is 19.1 Å². The van der Waals surface area contributed by atoms with Gasteiger partial charge in [0.1, 0.15) is 0 Å². The van der Waals surface area contributed by atoms with E-state index >= 15 is 0 Å². The average Bonchev–Trinajstić information content (AvgIpc) is 2.60. The van der Waals surface area contributed by atoms with Crippen molar-refractivity contribution in [2.75, 3.05) is 19.2 Å². The van der Waals surface area contributed by atoms with Crippen LogP contribution in [0.15, 0.2) is 58.8 Å². The highest BCUT2D eigenvalue weighted by Crippen LogP contribution is 2.20. The van der Waals surface area contributed by atoms with Crippen molar-refractivity contribution in [1.82, 2.24) is 0 Å². The van der Waals surface area contributed by atoms with Crippen LogP contribution in [0.25, 0.3) is 0 Å². The summed E-state index contributed by atoms with van der Waals surface area (Å²) in [4.78, 5) is 22.0. The zero-order valence-electron chi connectivity index (χ0n) is 13.4. The van der Waals surface area contributed by atoms with Crippen LogP contribution < -0.4 is 5.32 Å². The van der Waals surface area contributed by atoms with Crippen LogP contribution in [-0.4, -0.2) is 25.8 Å². The summed E-state index contributed by atoms with van der Waals surface area (Å²) in [6, 6.07) is 13.8. The molecule has 0 saturated carbocycles. The Morgan fingerprint density at radius 1 is 0.958 bits per heavy atom. The van der Waals surface area contributed by atoms with Gasteiger partial charge in [-0.05, 0) is 48.5 Å². The predicted octanol–water partition coefficient (Wildman–Crippen LogP) is 3.82. The number of esters is 2. The maximum absolute atomic E-state index is 11.3. The molecule has 0 aliphatic heterocycles. The summed E-state index contributed by atoms with van der Waals surface area (Å²) in [5.74, 6) is -0.735. The minimum absolute atomic E-state index is 0.114. The smallest absolute Gasteiger partial charge is 0.337 e. The number of rotatable bonds is 6. The van der Waals surface area contributed by atoms with E-state index in [0.717, 1.165) is 5.69 Å². The maximum atomic E-state index is 11.3. The van der Waals surface area contributed by atoms with E-state index in [4.69, 9.17) is 4.74 Å². The molecule has 1 N–H and O–H groups in total. The van der Waals surface area contributed by atoms with E-state index in [1.165, 1.54) is 14.0 Å². The van der Waals surface area contributed by atoms with E-state index < -0.39 is 5.97 Å². The summed E-state index contributed by atoms with van der Waals surface area (Å²) in [6.45, 7) is 1.46. The molecule has 0 aliphatic carbocycles. The van der Waals surface area contributed by atoms with Crippen molar-refractivity contribution in [2.24, 2.45) is 10.2 Å². The number of carbonyl (C=O) groups is 2. The molecule has 2 aromatic carbocycles. The lowest BCUT2D eigenvalue weighted by Crippen LogP contribution is -2.09. The van der Waals surface area contributed by atoms with E-state index in [0.29, 0.717) is 16.9 Å². The van der Waals surface area contributed by atoms with Crippen molar-refractivity contribution in [3.63, 3.8) is 0 Å². The van der Waals surface area contributed by atoms with Gasteiger partial charge in [-0.3, -0.25) is 4.79 Å². The Balaban J connectivity index is 1.94. The third kappa shape index (κ3) is 5.20. The molecular weight excluding hydrogens is 310 g/mol. The Labute approximate surface area is 139 Å². The fourth-order valence-electron chi connectivity index (χ4n) is 1.76. The van der Waals surface area contributed by atoms with Crippen LogP contribution in [0.5, 0.6) is 0 Å². The third-order valence-electron chi connectivity index (χ3n) is 2.99. The largest absolute Gasteiger partial charge is 0.465 e.